The smallest absolute Gasteiger partial charge is 0.322 e. The highest BCUT2D eigenvalue weighted by Crippen LogP contribution is 2.37. The van der Waals surface area contributed by atoms with Crippen LogP contribution in [0.25, 0.3) is 10.2 Å². The Bertz CT molecular complexity index is 720. The Kier molecular flexibility index (Phi) is 4.92. The minimum absolute atomic E-state index is 0.269. The Morgan fingerprint density at radius 2 is 1.82 bits per heavy atom. The molecule has 1 unspecified atom stereocenters. The van der Waals surface area contributed by atoms with E-state index in [-0.39, 0.29) is 5.92 Å². The molecule has 0 saturated carbocycles. The van der Waals surface area contributed by atoms with Crippen molar-refractivity contribution in [1.82, 2.24) is 4.98 Å². The van der Waals surface area contributed by atoms with Crippen molar-refractivity contribution in [2.45, 2.75) is 45.4 Å². The first kappa shape index (κ1) is 17.0. The van der Waals surface area contributed by atoms with Crippen LogP contribution in [0.2, 0.25) is 0 Å². The number of aromatic nitrogens is 1. The second-order valence-corrected chi connectivity index (χ2v) is 7.39. The van der Waals surface area contributed by atoms with Crippen molar-refractivity contribution in [1.29, 1.82) is 0 Å². The topological polar surface area (TPSA) is 67.3 Å². The van der Waals surface area contributed by atoms with Crippen LogP contribution in [0.3, 0.4) is 0 Å². The van der Waals surface area contributed by atoms with E-state index in [1.165, 1.54) is 16.9 Å². The fraction of sp³-hybridized carbons (Fsp3) is 0.438. The van der Waals surface area contributed by atoms with Gasteiger partial charge in [0.1, 0.15) is 5.01 Å². The molecule has 1 aromatic heterocycles. The number of rotatable bonds is 5. The van der Waals surface area contributed by atoms with Gasteiger partial charge in [0.2, 0.25) is 5.12 Å². The monoisotopic (exact) mass is 337 g/mol. The Balaban J connectivity index is 2.71. The minimum atomic E-state index is -1.30. The molecular formula is C16H19NO3S2. The van der Waals surface area contributed by atoms with Crippen molar-refractivity contribution >= 4 is 45.3 Å². The van der Waals surface area contributed by atoms with Crippen LogP contribution in [0.15, 0.2) is 12.1 Å². The van der Waals surface area contributed by atoms with Gasteiger partial charge in [0, 0.05) is 0 Å². The van der Waals surface area contributed by atoms with Crippen molar-refractivity contribution in [3.05, 3.63) is 28.3 Å². The zero-order chi connectivity index (χ0) is 16.6. The van der Waals surface area contributed by atoms with Crippen molar-refractivity contribution in [2.24, 2.45) is 0 Å². The molecule has 0 fully saturated rings. The van der Waals surface area contributed by atoms with Gasteiger partial charge in [0.25, 0.3) is 0 Å². The van der Waals surface area contributed by atoms with Gasteiger partial charge in [-0.3, -0.25) is 9.59 Å². The molecule has 2 aromatic rings. The van der Waals surface area contributed by atoms with E-state index in [2.05, 4.69) is 51.4 Å². The largest absolute Gasteiger partial charge is 0.480 e. The highest BCUT2D eigenvalue weighted by atomic mass is 32.1. The van der Waals surface area contributed by atoms with Crippen LogP contribution in [-0.2, 0) is 9.59 Å². The molecule has 0 aliphatic heterocycles. The molecule has 0 saturated heterocycles. The maximum absolute atomic E-state index is 11.5. The Labute approximate surface area is 139 Å². The summed E-state index contributed by atoms with van der Waals surface area (Å²) < 4.78 is 0.906. The van der Waals surface area contributed by atoms with E-state index in [1.807, 2.05) is 6.07 Å². The lowest BCUT2D eigenvalue weighted by Gasteiger charge is -2.16. The first-order chi connectivity index (χ1) is 10.2. The Morgan fingerprint density at radius 3 is 2.27 bits per heavy atom. The number of hydrogen-bond acceptors (Lipinski definition) is 4. The lowest BCUT2D eigenvalue weighted by atomic mass is 9.90. The number of carbonyl (C=O) groups is 2. The van der Waals surface area contributed by atoms with Gasteiger partial charge in [-0.1, -0.05) is 33.8 Å². The maximum Gasteiger partial charge on any atom is 0.322 e. The molecule has 1 aromatic carbocycles. The summed E-state index contributed by atoms with van der Waals surface area (Å²) in [4.78, 5) is 27.3. The molecule has 1 atom stereocenters. The third-order valence-corrected chi connectivity index (χ3v) is 4.93. The summed E-state index contributed by atoms with van der Waals surface area (Å²) in [6, 6.07) is 4.03. The fourth-order valence-electron chi connectivity index (χ4n) is 2.60. The number of carboxylic acids is 1. The van der Waals surface area contributed by atoms with E-state index in [0.29, 0.717) is 10.9 Å². The normalized spacial score (nSPS) is 13.0. The highest BCUT2D eigenvalue weighted by Gasteiger charge is 2.30. The van der Waals surface area contributed by atoms with Crippen molar-refractivity contribution in [3.63, 3.8) is 0 Å². The molecule has 4 nitrogen and oxygen atoms in total. The van der Waals surface area contributed by atoms with Crippen molar-refractivity contribution in [2.75, 3.05) is 0 Å². The zero-order valence-electron chi connectivity index (χ0n) is 13.0. The van der Waals surface area contributed by atoms with Crippen LogP contribution in [0.1, 0.15) is 61.6 Å². The van der Waals surface area contributed by atoms with E-state index in [4.69, 9.17) is 0 Å². The third-order valence-electron chi connectivity index (χ3n) is 3.59. The second kappa shape index (κ2) is 6.38. The SMILES string of the molecule is CC(C)c1ccc2sc(C(C(=O)O)C(=O)S)nc2c1C(C)C. The summed E-state index contributed by atoms with van der Waals surface area (Å²) in [5, 5.41) is 8.84. The molecule has 2 rings (SSSR count). The summed E-state index contributed by atoms with van der Waals surface area (Å²) in [5.41, 5.74) is 3.15. The summed E-state index contributed by atoms with van der Waals surface area (Å²) in [6.07, 6.45) is 0. The summed E-state index contributed by atoms with van der Waals surface area (Å²) in [7, 11) is 0. The number of thiol groups is 1. The first-order valence-corrected chi connectivity index (χ1v) is 8.39. The molecule has 0 aliphatic rings. The van der Waals surface area contributed by atoms with E-state index >= 15 is 0 Å². The molecule has 1 heterocycles. The lowest BCUT2D eigenvalue weighted by molar-refractivity contribution is -0.140. The summed E-state index contributed by atoms with van der Waals surface area (Å²) in [6.45, 7) is 8.44. The predicted octanol–water partition coefficient (Wildman–Crippen LogP) is 4.17. The van der Waals surface area contributed by atoms with Crippen LogP contribution in [0.5, 0.6) is 0 Å². The van der Waals surface area contributed by atoms with Crippen molar-refractivity contribution < 1.29 is 14.7 Å². The number of fused-ring (bicyclic) bond motifs is 1. The molecule has 6 heteroatoms. The standard InChI is InChI=1S/C16H19NO3S2/c1-7(2)9-5-6-10-13(11(9)8(3)4)17-14(22-10)12(15(18)19)16(20)21/h5-8,12H,1-4H3,(H,18,19)(H,20,21). The van der Waals surface area contributed by atoms with E-state index in [9.17, 15) is 14.7 Å². The number of hydrogen-bond donors (Lipinski definition) is 2. The number of carboxylic acid groups (broad SMARTS) is 1. The number of benzene rings is 1. The minimum Gasteiger partial charge on any atom is -0.480 e. The molecule has 1 N–H and O–H groups in total. The average molecular weight is 337 g/mol. The number of thiazole rings is 1. The zero-order valence-corrected chi connectivity index (χ0v) is 14.7. The third kappa shape index (κ3) is 3.03. The van der Waals surface area contributed by atoms with Gasteiger partial charge in [-0.05, 0) is 29.0 Å². The molecule has 0 amide bonds. The molecule has 22 heavy (non-hydrogen) atoms. The summed E-state index contributed by atoms with van der Waals surface area (Å²) >= 11 is 4.94. The average Bonchev–Trinajstić information content (AvgIpc) is 2.78. The van der Waals surface area contributed by atoms with E-state index in [0.717, 1.165) is 15.8 Å². The van der Waals surface area contributed by atoms with Crippen LogP contribution in [-0.4, -0.2) is 21.2 Å². The van der Waals surface area contributed by atoms with E-state index in [1.54, 1.807) is 0 Å². The van der Waals surface area contributed by atoms with E-state index < -0.39 is 17.0 Å². The van der Waals surface area contributed by atoms with Gasteiger partial charge < -0.3 is 5.11 Å². The number of carbonyl (C=O) groups excluding carboxylic acids is 1. The van der Waals surface area contributed by atoms with Gasteiger partial charge in [-0.25, -0.2) is 4.98 Å². The molecule has 0 aliphatic carbocycles. The number of aliphatic carboxylic acids is 1. The van der Waals surface area contributed by atoms with Crippen LogP contribution in [0, 0.1) is 0 Å². The lowest BCUT2D eigenvalue weighted by Crippen LogP contribution is -2.17. The van der Waals surface area contributed by atoms with Gasteiger partial charge in [-0.2, -0.15) is 0 Å². The van der Waals surface area contributed by atoms with Gasteiger partial charge in [0.05, 0.1) is 10.2 Å². The first-order valence-electron chi connectivity index (χ1n) is 7.12. The Morgan fingerprint density at radius 1 is 1.18 bits per heavy atom. The van der Waals surface area contributed by atoms with Crippen molar-refractivity contribution in [3.8, 4) is 0 Å². The van der Waals surface area contributed by atoms with Crippen LogP contribution in [0.4, 0.5) is 0 Å². The maximum atomic E-state index is 11.5. The molecule has 0 radical (unpaired) electrons. The van der Waals surface area contributed by atoms with Gasteiger partial charge in [0.15, 0.2) is 5.92 Å². The number of nitrogens with zero attached hydrogens (tertiary/aromatic N) is 1. The van der Waals surface area contributed by atoms with Gasteiger partial charge >= 0.3 is 5.97 Å². The van der Waals surface area contributed by atoms with Crippen LogP contribution < -0.4 is 0 Å². The highest BCUT2D eigenvalue weighted by molar-refractivity contribution is 7.96. The predicted molar refractivity (Wildman–Crippen MR) is 92.2 cm³/mol. The van der Waals surface area contributed by atoms with Gasteiger partial charge in [-0.15, -0.1) is 24.0 Å². The quantitative estimate of drug-likeness (QED) is 0.635. The summed E-state index contributed by atoms with van der Waals surface area (Å²) in [5.74, 6) is -1.89. The molecular weight excluding hydrogens is 318 g/mol. The molecule has 0 bridgehead atoms. The molecule has 118 valence electrons. The molecule has 0 spiro atoms. The fourth-order valence-corrected chi connectivity index (χ4v) is 3.99. The Hall–Kier alpha value is -1.40. The second-order valence-electron chi connectivity index (χ2n) is 5.89. The van der Waals surface area contributed by atoms with Crippen LogP contribution >= 0.6 is 24.0 Å².